The van der Waals surface area contributed by atoms with Gasteiger partial charge in [0.25, 0.3) is 18.8 Å². The standard InChI is InChI=1S/C16H13ClF4N4O3/c17-9-2-1-3-10(6-9)28-8-24-5-4-11(22-24)14(26)25-16(27,15(20)21)7-12(23-25)13(18)19/h1-6,13,15,27H,7-8H2/t16-/m1/s1. The molecule has 3 rings (SSSR count). The summed E-state index contributed by atoms with van der Waals surface area (Å²) in [4.78, 5) is 12.4. The molecule has 150 valence electrons. The molecular formula is C16H13ClF4N4O3. The van der Waals surface area contributed by atoms with Crippen LogP contribution in [0.3, 0.4) is 0 Å². The topological polar surface area (TPSA) is 80.0 Å². The number of ether oxygens (including phenoxy) is 1. The molecule has 1 aromatic carbocycles. The smallest absolute Gasteiger partial charge is 0.297 e. The fourth-order valence-electron chi connectivity index (χ4n) is 2.46. The van der Waals surface area contributed by atoms with Crippen LogP contribution in [0.4, 0.5) is 17.6 Å². The first-order chi connectivity index (χ1) is 13.2. The van der Waals surface area contributed by atoms with Crippen molar-refractivity contribution in [2.24, 2.45) is 5.10 Å². The van der Waals surface area contributed by atoms with Gasteiger partial charge in [-0.15, -0.1) is 0 Å². The summed E-state index contributed by atoms with van der Waals surface area (Å²) < 4.78 is 58.6. The molecule has 7 nitrogen and oxygen atoms in total. The first-order valence-electron chi connectivity index (χ1n) is 7.83. The van der Waals surface area contributed by atoms with Crippen molar-refractivity contribution in [1.82, 2.24) is 14.8 Å². The van der Waals surface area contributed by atoms with Gasteiger partial charge in [0.15, 0.2) is 12.4 Å². The highest BCUT2D eigenvalue weighted by atomic mass is 35.5. The Morgan fingerprint density at radius 1 is 1.32 bits per heavy atom. The summed E-state index contributed by atoms with van der Waals surface area (Å²) in [6, 6.07) is 7.64. The third-order valence-corrected chi connectivity index (χ3v) is 4.08. The number of carbonyl (C=O) groups is 1. The van der Waals surface area contributed by atoms with Crippen LogP contribution in [0.2, 0.25) is 5.02 Å². The van der Waals surface area contributed by atoms with Crippen LogP contribution < -0.4 is 4.74 Å². The number of aromatic nitrogens is 2. The largest absolute Gasteiger partial charge is 0.471 e. The fraction of sp³-hybridized carbons (Fsp3) is 0.312. The van der Waals surface area contributed by atoms with E-state index in [0.717, 1.165) is 6.07 Å². The molecule has 28 heavy (non-hydrogen) atoms. The molecule has 0 spiro atoms. The van der Waals surface area contributed by atoms with Crippen molar-refractivity contribution in [3.8, 4) is 5.75 Å². The molecule has 2 aromatic rings. The lowest BCUT2D eigenvalue weighted by molar-refractivity contribution is -0.164. The first kappa shape index (κ1) is 20.1. The van der Waals surface area contributed by atoms with E-state index >= 15 is 0 Å². The minimum atomic E-state index is -3.51. The van der Waals surface area contributed by atoms with Crippen LogP contribution in [0.1, 0.15) is 16.9 Å². The van der Waals surface area contributed by atoms with Gasteiger partial charge in [0, 0.05) is 17.6 Å². The van der Waals surface area contributed by atoms with Gasteiger partial charge in [-0.25, -0.2) is 22.2 Å². The minimum Gasteiger partial charge on any atom is -0.471 e. The van der Waals surface area contributed by atoms with Gasteiger partial charge in [-0.1, -0.05) is 17.7 Å². The van der Waals surface area contributed by atoms with Crippen molar-refractivity contribution in [3.05, 3.63) is 47.2 Å². The van der Waals surface area contributed by atoms with Crippen molar-refractivity contribution in [3.63, 3.8) is 0 Å². The van der Waals surface area contributed by atoms with E-state index in [1.165, 1.54) is 10.9 Å². The highest BCUT2D eigenvalue weighted by Crippen LogP contribution is 2.34. The molecule has 0 saturated heterocycles. The molecule has 0 unspecified atom stereocenters. The Hall–Kier alpha value is -2.66. The van der Waals surface area contributed by atoms with Gasteiger partial charge in [-0.3, -0.25) is 4.79 Å². The predicted octanol–water partition coefficient (Wildman–Crippen LogP) is 2.99. The molecule has 1 amide bonds. The second kappa shape index (κ2) is 7.76. The van der Waals surface area contributed by atoms with Crippen LogP contribution in [0.5, 0.6) is 5.75 Å². The predicted molar refractivity (Wildman–Crippen MR) is 89.5 cm³/mol. The van der Waals surface area contributed by atoms with Crippen LogP contribution in [-0.2, 0) is 6.73 Å². The molecule has 2 heterocycles. The number of nitrogens with zero attached hydrogens (tertiary/aromatic N) is 4. The molecule has 1 aliphatic heterocycles. The molecule has 0 fully saturated rings. The monoisotopic (exact) mass is 420 g/mol. The maximum Gasteiger partial charge on any atom is 0.297 e. The summed E-state index contributed by atoms with van der Waals surface area (Å²) in [5, 5.41) is 17.4. The lowest BCUT2D eigenvalue weighted by Gasteiger charge is -2.29. The summed E-state index contributed by atoms with van der Waals surface area (Å²) in [6.07, 6.45) is -6.55. The van der Waals surface area contributed by atoms with Crippen LogP contribution in [0, 0.1) is 0 Å². The number of hydrogen-bond donors (Lipinski definition) is 1. The van der Waals surface area contributed by atoms with Gasteiger partial charge >= 0.3 is 0 Å². The Labute approximate surface area is 160 Å². The summed E-state index contributed by atoms with van der Waals surface area (Å²) in [7, 11) is 0. The zero-order valence-corrected chi connectivity index (χ0v) is 14.7. The van der Waals surface area contributed by atoms with Crippen LogP contribution in [0.15, 0.2) is 41.6 Å². The van der Waals surface area contributed by atoms with Crippen molar-refractivity contribution in [2.75, 3.05) is 0 Å². The number of benzene rings is 1. The van der Waals surface area contributed by atoms with Crippen molar-refractivity contribution in [2.45, 2.75) is 31.7 Å². The average Bonchev–Trinajstić information content (AvgIpc) is 3.25. The summed E-state index contributed by atoms with van der Waals surface area (Å²) in [6.45, 7) is -0.141. The molecule has 0 saturated carbocycles. The highest BCUT2D eigenvalue weighted by Gasteiger charge is 2.53. The average molecular weight is 421 g/mol. The van der Waals surface area contributed by atoms with Gasteiger partial charge in [-0.05, 0) is 24.3 Å². The Bertz CT molecular complexity index is 908. The molecule has 12 heteroatoms. The molecular weight excluding hydrogens is 408 g/mol. The van der Waals surface area contributed by atoms with Gasteiger partial charge in [0.05, 0.1) is 0 Å². The van der Waals surface area contributed by atoms with E-state index < -0.39 is 36.6 Å². The van der Waals surface area contributed by atoms with Crippen LogP contribution in [-0.4, -0.2) is 50.1 Å². The summed E-state index contributed by atoms with van der Waals surface area (Å²) >= 11 is 5.83. The first-order valence-corrected chi connectivity index (χ1v) is 8.21. The minimum absolute atomic E-state index is 0.0519. The number of alkyl halides is 4. The molecule has 1 aromatic heterocycles. The van der Waals surface area contributed by atoms with Crippen molar-refractivity contribution in [1.29, 1.82) is 0 Å². The van der Waals surface area contributed by atoms with E-state index in [0.29, 0.717) is 10.8 Å². The zero-order valence-electron chi connectivity index (χ0n) is 14.0. The number of aliphatic hydroxyl groups is 1. The molecule has 0 aliphatic carbocycles. The van der Waals surface area contributed by atoms with E-state index in [1.807, 2.05) is 0 Å². The van der Waals surface area contributed by atoms with Gasteiger partial charge < -0.3 is 9.84 Å². The van der Waals surface area contributed by atoms with E-state index in [1.54, 1.807) is 24.3 Å². The maximum absolute atomic E-state index is 13.2. The molecule has 1 N–H and O–H groups in total. The Morgan fingerprint density at radius 2 is 2.07 bits per heavy atom. The quantitative estimate of drug-likeness (QED) is 0.729. The van der Waals surface area contributed by atoms with Crippen LogP contribution >= 0.6 is 11.6 Å². The van der Waals surface area contributed by atoms with Gasteiger partial charge in [0.1, 0.15) is 11.5 Å². The van der Waals surface area contributed by atoms with E-state index in [2.05, 4.69) is 10.2 Å². The number of halogens is 5. The second-order valence-electron chi connectivity index (χ2n) is 5.84. The lowest BCUT2D eigenvalue weighted by atomic mass is 10.1. The zero-order chi connectivity index (χ0) is 20.5. The number of carbonyl (C=O) groups excluding carboxylic acids is 1. The molecule has 0 radical (unpaired) electrons. The lowest BCUT2D eigenvalue weighted by Crippen LogP contribution is -2.51. The van der Waals surface area contributed by atoms with Gasteiger partial charge in [-0.2, -0.15) is 15.2 Å². The molecule has 1 atom stereocenters. The Kier molecular flexibility index (Phi) is 5.57. The van der Waals surface area contributed by atoms with Crippen molar-refractivity contribution >= 4 is 23.2 Å². The van der Waals surface area contributed by atoms with Crippen molar-refractivity contribution < 1.29 is 32.2 Å². The molecule has 0 bridgehead atoms. The second-order valence-corrected chi connectivity index (χ2v) is 6.27. The number of hydrazone groups is 1. The summed E-state index contributed by atoms with van der Waals surface area (Å²) in [5.74, 6) is -0.825. The number of rotatable bonds is 6. The molecule has 1 aliphatic rings. The SMILES string of the molecule is O=C(c1ccn(COc2cccc(Cl)c2)n1)N1N=C(C(F)F)C[C@@]1(O)C(F)F. The normalized spacial score (nSPS) is 19.4. The number of hydrogen-bond acceptors (Lipinski definition) is 5. The third kappa shape index (κ3) is 3.94. The third-order valence-electron chi connectivity index (χ3n) is 3.85. The van der Waals surface area contributed by atoms with Crippen LogP contribution in [0.25, 0.3) is 0 Å². The Balaban J connectivity index is 1.75. The van der Waals surface area contributed by atoms with E-state index in [-0.39, 0.29) is 17.4 Å². The summed E-state index contributed by atoms with van der Waals surface area (Å²) in [5.41, 5.74) is -4.56. The van der Waals surface area contributed by atoms with Gasteiger partial charge in [0.2, 0.25) is 5.72 Å². The van der Waals surface area contributed by atoms with E-state index in [9.17, 15) is 27.5 Å². The van der Waals surface area contributed by atoms with E-state index in [4.69, 9.17) is 16.3 Å². The number of amides is 1. The Morgan fingerprint density at radius 3 is 2.71 bits per heavy atom. The maximum atomic E-state index is 13.2. The fourth-order valence-corrected chi connectivity index (χ4v) is 2.64. The highest BCUT2D eigenvalue weighted by molar-refractivity contribution is 6.30.